The zero-order chi connectivity index (χ0) is 23.0. The van der Waals surface area contributed by atoms with E-state index in [4.69, 9.17) is 16.3 Å². The smallest absolute Gasteiger partial charge is 0.414 e. The van der Waals surface area contributed by atoms with Crippen molar-refractivity contribution in [1.82, 2.24) is 15.1 Å². The predicted octanol–water partition coefficient (Wildman–Crippen LogP) is 3.44. The molecule has 9 heteroatoms. The fourth-order valence-electron chi connectivity index (χ4n) is 4.69. The van der Waals surface area contributed by atoms with E-state index in [1.165, 1.54) is 29.7 Å². The van der Waals surface area contributed by atoms with Crippen molar-refractivity contribution >= 4 is 40.6 Å². The van der Waals surface area contributed by atoms with Gasteiger partial charge >= 0.3 is 6.09 Å². The number of rotatable bonds is 7. The fourth-order valence-corrected chi connectivity index (χ4v) is 5.65. The summed E-state index contributed by atoms with van der Waals surface area (Å²) in [6, 6.07) is 11.8. The van der Waals surface area contributed by atoms with Crippen LogP contribution in [0.4, 0.5) is 10.5 Å². The zero-order valence-corrected chi connectivity index (χ0v) is 20.3. The van der Waals surface area contributed by atoms with E-state index in [-0.39, 0.29) is 30.1 Å². The molecule has 1 unspecified atom stereocenters. The predicted molar refractivity (Wildman–Crippen MR) is 131 cm³/mol. The molecular weight excluding hydrogens is 460 g/mol. The molecule has 0 radical (unpaired) electrons. The van der Waals surface area contributed by atoms with Crippen LogP contribution in [0.25, 0.3) is 0 Å². The van der Waals surface area contributed by atoms with Gasteiger partial charge in [0, 0.05) is 43.8 Å². The second-order valence-electron chi connectivity index (χ2n) is 9.34. The van der Waals surface area contributed by atoms with Crippen LogP contribution in [-0.4, -0.2) is 80.8 Å². The molecule has 2 aromatic rings. The third kappa shape index (κ3) is 5.04. The van der Waals surface area contributed by atoms with Gasteiger partial charge < -0.3 is 15.0 Å². The molecule has 2 amide bonds. The number of likely N-dealkylation sites (N-methyl/N-ethyl adjacent to an activating group) is 1. The van der Waals surface area contributed by atoms with Crippen molar-refractivity contribution in [2.75, 3.05) is 57.8 Å². The van der Waals surface area contributed by atoms with Crippen molar-refractivity contribution in [2.24, 2.45) is 0 Å². The molecule has 1 atom stereocenters. The molecule has 2 aliphatic heterocycles. The molecule has 176 valence electrons. The van der Waals surface area contributed by atoms with E-state index < -0.39 is 0 Å². The van der Waals surface area contributed by atoms with Gasteiger partial charge in [0.25, 0.3) is 5.91 Å². The van der Waals surface area contributed by atoms with E-state index in [0.29, 0.717) is 15.8 Å². The van der Waals surface area contributed by atoms with Crippen LogP contribution in [0.1, 0.15) is 28.1 Å². The highest BCUT2D eigenvalue weighted by Gasteiger charge is 2.45. The van der Waals surface area contributed by atoms with Gasteiger partial charge in [0.05, 0.1) is 22.3 Å². The molecule has 0 bridgehead atoms. The minimum absolute atomic E-state index is 0.208. The first-order chi connectivity index (χ1) is 15.9. The van der Waals surface area contributed by atoms with E-state index in [2.05, 4.69) is 34.3 Å². The van der Waals surface area contributed by atoms with Crippen LogP contribution in [0.5, 0.6) is 0 Å². The number of anilines is 1. The molecule has 1 aromatic heterocycles. The summed E-state index contributed by atoms with van der Waals surface area (Å²) in [5, 5.41) is 2.83. The van der Waals surface area contributed by atoms with E-state index in [0.717, 1.165) is 38.4 Å². The first-order valence-corrected chi connectivity index (χ1v) is 12.6. The van der Waals surface area contributed by atoms with E-state index in [9.17, 15) is 9.59 Å². The van der Waals surface area contributed by atoms with Crippen molar-refractivity contribution in [3.63, 3.8) is 0 Å². The van der Waals surface area contributed by atoms with Gasteiger partial charge in [-0.2, -0.15) is 0 Å². The molecule has 5 rings (SSSR count). The molecule has 1 aromatic carbocycles. The molecule has 0 spiro atoms. The number of benzene rings is 1. The second kappa shape index (κ2) is 9.25. The van der Waals surface area contributed by atoms with Crippen LogP contribution in [0.3, 0.4) is 0 Å². The van der Waals surface area contributed by atoms with Crippen LogP contribution in [0.15, 0.2) is 36.4 Å². The topological polar surface area (TPSA) is 65.1 Å². The average Bonchev–Trinajstić information content (AvgIpc) is 3.30. The Morgan fingerprint density at radius 2 is 1.88 bits per heavy atom. The van der Waals surface area contributed by atoms with Crippen molar-refractivity contribution in [3.05, 3.63) is 51.2 Å². The van der Waals surface area contributed by atoms with Gasteiger partial charge in [-0.15, -0.1) is 11.3 Å². The van der Waals surface area contributed by atoms with Crippen molar-refractivity contribution in [3.8, 4) is 0 Å². The molecule has 3 fully saturated rings. The lowest BCUT2D eigenvalue weighted by molar-refractivity contribution is 0.0920. The monoisotopic (exact) mass is 488 g/mol. The number of ether oxygens (including phenoxy) is 1. The van der Waals surface area contributed by atoms with E-state index in [1.807, 2.05) is 12.1 Å². The maximum absolute atomic E-state index is 12.5. The molecule has 33 heavy (non-hydrogen) atoms. The summed E-state index contributed by atoms with van der Waals surface area (Å²) < 4.78 is 6.05. The van der Waals surface area contributed by atoms with Crippen LogP contribution in [0, 0.1) is 0 Å². The first-order valence-electron chi connectivity index (χ1n) is 11.4. The van der Waals surface area contributed by atoms with Crippen LogP contribution < -0.4 is 10.2 Å². The molecule has 3 aliphatic rings. The van der Waals surface area contributed by atoms with Gasteiger partial charge in [0.2, 0.25) is 0 Å². The lowest BCUT2D eigenvalue weighted by Crippen LogP contribution is -2.47. The van der Waals surface area contributed by atoms with Gasteiger partial charge in [-0.3, -0.25) is 14.6 Å². The number of cyclic esters (lactones) is 1. The Bertz CT molecular complexity index is 1010. The summed E-state index contributed by atoms with van der Waals surface area (Å²) in [6.07, 6.45) is 1.69. The Kier molecular flexibility index (Phi) is 6.35. The Balaban J connectivity index is 1.16. The van der Waals surface area contributed by atoms with Crippen molar-refractivity contribution in [1.29, 1.82) is 0 Å². The summed E-state index contributed by atoms with van der Waals surface area (Å²) in [5.41, 5.74) is 2.45. The first kappa shape index (κ1) is 22.7. The van der Waals surface area contributed by atoms with Crippen LogP contribution >= 0.6 is 22.9 Å². The maximum Gasteiger partial charge on any atom is 0.414 e. The Hall–Kier alpha value is -2.13. The molecule has 3 heterocycles. The maximum atomic E-state index is 12.5. The summed E-state index contributed by atoms with van der Waals surface area (Å²) in [5.74, 6) is -0.208. The number of carbonyl (C=O) groups excluding carboxylic acids is 2. The Labute approximate surface area is 203 Å². The summed E-state index contributed by atoms with van der Waals surface area (Å²) >= 11 is 7.12. The van der Waals surface area contributed by atoms with Gasteiger partial charge in [-0.25, -0.2) is 4.79 Å². The molecule has 2 saturated heterocycles. The average molecular weight is 489 g/mol. The molecule has 7 nitrogen and oxygen atoms in total. The standard InChI is InChI=1S/C24H29ClN4O3S/c1-27-10-12-28(13-11-27)16-24(8-9-24)17-2-4-18(5-3-17)29-15-19(32-23(29)31)14-26-22(30)20-6-7-21(25)33-20/h2-7,19H,8-16H2,1H3,(H,26,30). The fraction of sp³-hybridized carbons (Fsp3) is 0.500. The van der Waals surface area contributed by atoms with Crippen LogP contribution in [-0.2, 0) is 10.2 Å². The number of carbonyl (C=O) groups is 2. The molecule has 1 aliphatic carbocycles. The minimum atomic E-state index is -0.386. The molecular formula is C24H29ClN4O3S. The van der Waals surface area contributed by atoms with E-state index >= 15 is 0 Å². The number of hydrogen-bond donors (Lipinski definition) is 1. The lowest BCUT2D eigenvalue weighted by Gasteiger charge is -2.35. The number of halogens is 1. The van der Waals surface area contributed by atoms with Crippen molar-refractivity contribution in [2.45, 2.75) is 24.4 Å². The third-order valence-electron chi connectivity index (χ3n) is 6.93. The minimum Gasteiger partial charge on any atom is -0.442 e. The summed E-state index contributed by atoms with van der Waals surface area (Å²) in [7, 11) is 2.19. The lowest BCUT2D eigenvalue weighted by atomic mass is 9.94. The Morgan fingerprint density at radius 3 is 2.52 bits per heavy atom. The number of piperazine rings is 1. The molecule has 1 N–H and O–H groups in total. The van der Waals surface area contributed by atoms with Gasteiger partial charge in [0.1, 0.15) is 6.10 Å². The van der Waals surface area contributed by atoms with Gasteiger partial charge in [-0.1, -0.05) is 23.7 Å². The number of nitrogens with zero attached hydrogens (tertiary/aromatic N) is 3. The number of amides is 2. The largest absolute Gasteiger partial charge is 0.442 e. The summed E-state index contributed by atoms with van der Waals surface area (Å²) in [6.45, 7) is 6.33. The van der Waals surface area contributed by atoms with Gasteiger partial charge in [0.15, 0.2) is 0 Å². The highest BCUT2D eigenvalue weighted by molar-refractivity contribution is 7.18. The normalized spacial score (nSPS) is 22.9. The quantitative estimate of drug-likeness (QED) is 0.646. The number of nitrogens with one attached hydrogen (secondary N) is 1. The SMILES string of the molecule is CN1CCN(CC2(c3ccc(N4CC(CNC(=O)c5ccc(Cl)s5)OC4=O)cc3)CC2)CC1. The highest BCUT2D eigenvalue weighted by Crippen LogP contribution is 2.49. The molecule has 1 saturated carbocycles. The summed E-state index contributed by atoms with van der Waals surface area (Å²) in [4.78, 5) is 31.8. The van der Waals surface area contributed by atoms with Crippen LogP contribution in [0.2, 0.25) is 4.34 Å². The number of thiophene rings is 1. The van der Waals surface area contributed by atoms with Crippen molar-refractivity contribution < 1.29 is 14.3 Å². The van der Waals surface area contributed by atoms with E-state index in [1.54, 1.807) is 17.0 Å². The highest BCUT2D eigenvalue weighted by atomic mass is 35.5. The number of hydrogen-bond acceptors (Lipinski definition) is 6. The second-order valence-corrected chi connectivity index (χ2v) is 11.1. The third-order valence-corrected chi connectivity index (χ3v) is 8.16. The Morgan fingerprint density at radius 1 is 1.15 bits per heavy atom. The zero-order valence-electron chi connectivity index (χ0n) is 18.8. The van der Waals surface area contributed by atoms with Gasteiger partial charge in [-0.05, 0) is 49.7 Å².